The standard InChI is InChI=1S/C24H21N5O3S/c25-22(30)16-12-15-18(26-23(16)31)8-4-9-19(15)27-24(32)17-13-29(14-6-2-1-3-7-14)28-21(17)20-10-5-11-33-20/h1-3,5-7,10-13,19H,4,8-9H2,(H2,25,30)(H,26,31)(H,27,32). The van der Waals surface area contributed by atoms with Gasteiger partial charge >= 0.3 is 0 Å². The lowest BCUT2D eigenvalue weighted by atomic mass is 9.90. The second-order valence-electron chi connectivity index (χ2n) is 7.88. The van der Waals surface area contributed by atoms with Gasteiger partial charge in [0.05, 0.1) is 22.2 Å². The summed E-state index contributed by atoms with van der Waals surface area (Å²) in [4.78, 5) is 40.9. The molecule has 0 saturated carbocycles. The van der Waals surface area contributed by atoms with Gasteiger partial charge in [-0.1, -0.05) is 24.3 Å². The first-order valence-corrected chi connectivity index (χ1v) is 11.4. The van der Waals surface area contributed by atoms with E-state index in [2.05, 4.69) is 15.4 Å². The van der Waals surface area contributed by atoms with Crippen molar-refractivity contribution in [3.8, 4) is 16.3 Å². The summed E-state index contributed by atoms with van der Waals surface area (Å²) in [6.45, 7) is 0. The maximum Gasteiger partial charge on any atom is 0.261 e. The van der Waals surface area contributed by atoms with Crippen molar-refractivity contribution in [3.05, 3.63) is 92.8 Å². The van der Waals surface area contributed by atoms with E-state index in [-0.39, 0.29) is 17.5 Å². The van der Waals surface area contributed by atoms with Crippen LogP contribution in [-0.2, 0) is 6.42 Å². The molecule has 0 saturated heterocycles. The lowest BCUT2D eigenvalue weighted by molar-refractivity contribution is 0.0933. The number of hydrogen-bond donors (Lipinski definition) is 3. The van der Waals surface area contributed by atoms with Gasteiger partial charge in [-0.3, -0.25) is 14.4 Å². The van der Waals surface area contributed by atoms with Gasteiger partial charge in [0.15, 0.2) is 0 Å². The zero-order valence-corrected chi connectivity index (χ0v) is 18.4. The minimum absolute atomic E-state index is 0.105. The van der Waals surface area contributed by atoms with E-state index in [1.807, 2.05) is 47.8 Å². The van der Waals surface area contributed by atoms with Crippen LogP contribution in [0.4, 0.5) is 0 Å². The van der Waals surface area contributed by atoms with E-state index in [1.165, 1.54) is 17.4 Å². The number of pyridine rings is 1. The normalized spacial score (nSPS) is 15.1. The van der Waals surface area contributed by atoms with E-state index in [9.17, 15) is 14.4 Å². The van der Waals surface area contributed by atoms with Crippen LogP contribution >= 0.6 is 11.3 Å². The number of fused-ring (bicyclic) bond motifs is 1. The summed E-state index contributed by atoms with van der Waals surface area (Å²) in [5.41, 5.74) is 8.09. The highest BCUT2D eigenvalue weighted by molar-refractivity contribution is 7.13. The molecule has 0 radical (unpaired) electrons. The molecule has 1 aliphatic rings. The molecule has 1 atom stereocenters. The summed E-state index contributed by atoms with van der Waals surface area (Å²) >= 11 is 1.51. The summed E-state index contributed by atoms with van der Waals surface area (Å²) in [5, 5.41) is 9.71. The van der Waals surface area contributed by atoms with Crippen molar-refractivity contribution < 1.29 is 9.59 Å². The number of nitrogens with two attached hydrogens (primary N) is 1. The molecular formula is C24H21N5O3S. The predicted octanol–water partition coefficient (Wildman–Crippen LogP) is 3.20. The molecule has 9 heteroatoms. The third-order valence-corrected chi connectivity index (χ3v) is 6.63. The Morgan fingerprint density at radius 2 is 1.97 bits per heavy atom. The molecular weight excluding hydrogens is 438 g/mol. The highest BCUT2D eigenvalue weighted by Crippen LogP contribution is 2.31. The number of benzene rings is 1. The van der Waals surface area contributed by atoms with Gasteiger partial charge in [0.1, 0.15) is 11.3 Å². The Kier molecular flexibility index (Phi) is 5.39. The summed E-state index contributed by atoms with van der Waals surface area (Å²) in [7, 11) is 0. The van der Waals surface area contributed by atoms with Crippen LogP contribution in [0, 0.1) is 0 Å². The predicted molar refractivity (Wildman–Crippen MR) is 126 cm³/mol. The first-order chi connectivity index (χ1) is 16.0. The molecule has 1 aromatic carbocycles. The second-order valence-corrected chi connectivity index (χ2v) is 8.83. The molecule has 166 valence electrons. The summed E-state index contributed by atoms with van der Waals surface area (Å²) in [5.74, 6) is -1.07. The SMILES string of the molecule is NC(=O)c1cc2c([nH]c1=O)CCCC2NC(=O)c1cn(-c2ccccc2)nc1-c1cccs1. The smallest absolute Gasteiger partial charge is 0.261 e. The molecule has 0 fully saturated rings. The van der Waals surface area contributed by atoms with Crippen molar-refractivity contribution >= 4 is 23.2 Å². The number of aromatic amines is 1. The van der Waals surface area contributed by atoms with Crippen LogP contribution in [0.5, 0.6) is 0 Å². The van der Waals surface area contributed by atoms with Crippen molar-refractivity contribution in [2.45, 2.75) is 25.3 Å². The fourth-order valence-corrected chi connectivity index (χ4v) is 4.88. The molecule has 33 heavy (non-hydrogen) atoms. The van der Waals surface area contributed by atoms with Gasteiger partial charge in [-0.05, 0) is 54.5 Å². The lowest BCUT2D eigenvalue weighted by Gasteiger charge is -2.26. The minimum atomic E-state index is -0.793. The zero-order chi connectivity index (χ0) is 22.9. The molecule has 4 N–H and O–H groups in total. The van der Waals surface area contributed by atoms with E-state index in [4.69, 9.17) is 5.73 Å². The molecule has 8 nitrogen and oxygen atoms in total. The number of aromatic nitrogens is 3. The number of rotatable bonds is 5. The number of aryl methyl sites for hydroxylation is 1. The Bertz CT molecular complexity index is 1390. The third kappa shape index (κ3) is 3.98. The molecule has 1 unspecified atom stereocenters. The Labute approximate surface area is 193 Å². The van der Waals surface area contributed by atoms with E-state index in [0.29, 0.717) is 24.1 Å². The number of H-pyrrole nitrogens is 1. The summed E-state index contributed by atoms with van der Waals surface area (Å²) in [6.07, 6.45) is 3.88. The fraction of sp³-hybridized carbons (Fsp3) is 0.167. The van der Waals surface area contributed by atoms with Crippen LogP contribution in [0.2, 0.25) is 0 Å². The molecule has 2 amide bonds. The van der Waals surface area contributed by atoms with E-state index >= 15 is 0 Å². The Morgan fingerprint density at radius 3 is 2.70 bits per heavy atom. The van der Waals surface area contributed by atoms with Crippen LogP contribution < -0.4 is 16.6 Å². The van der Waals surface area contributed by atoms with E-state index in [0.717, 1.165) is 28.2 Å². The van der Waals surface area contributed by atoms with Crippen molar-refractivity contribution in [2.75, 3.05) is 0 Å². The van der Waals surface area contributed by atoms with Crippen molar-refractivity contribution in [1.29, 1.82) is 0 Å². The molecule has 0 spiro atoms. The average Bonchev–Trinajstić information content (AvgIpc) is 3.49. The number of primary amides is 1. The van der Waals surface area contributed by atoms with Crippen LogP contribution in [-0.4, -0.2) is 26.6 Å². The van der Waals surface area contributed by atoms with E-state index < -0.39 is 11.5 Å². The highest BCUT2D eigenvalue weighted by Gasteiger charge is 2.27. The molecule has 0 aliphatic heterocycles. The fourth-order valence-electron chi connectivity index (χ4n) is 4.16. The van der Waals surface area contributed by atoms with Crippen LogP contribution in [0.1, 0.15) is 50.9 Å². The van der Waals surface area contributed by atoms with Crippen LogP contribution in [0.15, 0.2) is 64.9 Å². The van der Waals surface area contributed by atoms with Gasteiger partial charge in [-0.25, -0.2) is 4.68 Å². The molecule has 5 rings (SSSR count). The first-order valence-electron chi connectivity index (χ1n) is 10.6. The molecule has 1 aliphatic carbocycles. The van der Waals surface area contributed by atoms with Gasteiger partial charge < -0.3 is 16.0 Å². The van der Waals surface area contributed by atoms with Gasteiger partial charge in [0, 0.05) is 11.9 Å². The molecule has 0 bridgehead atoms. The van der Waals surface area contributed by atoms with E-state index in [1.54, 1.807) is 10.9 Å². The number of para-hydroxylation sites is 1. The van der Waals surface area contributed by atoms with Crippen LogP contribution in [0.25, 0.3) is 16.3 Å². The lowest BCUT2D eigenvalue weighted by Crippen LogP contribution is -2.34. The highest BCUT2D eigenvalue weighted by atomic mass is 32.1. The number of nitrogens with zero attached hydrogens (tertiary/aromatic N) is 2. The molecule has 3 heterocycles. The summed E-state index contributed by atoms with van der Waals surface area (Å²) < 4.78 is 1.70. The number of thiophene rings is 1. The second kappa shape index (κ2) is 8.51. The van der Waals surface area contributed by atoms with Gasteiger partial charge in [0.25, 0.3) is 17.4 Å². The Hall–Kier alpha value is -3.98. The van der Waals surface area contributed by atoms with Crippen LogP contribution in [0.3, 0.4) is 0 Å². The van der Waals surface area contributed by atoms with Gasteiger partial charge in [-0.2, -0.15) is 5.10 Å². The average molecular weight is 460 g/mol. The number of nitrogens with one attached hydrogen (secondary N) is 2. The maximum atomic E-state index is 13.4. The quantitative estimate of drug-likeness (QED) is 0.424. The molecule has 4 aromatic rings. The largest absolute Gasteiger partial charge is 0.365 e. The zero-order valence-electron chi connectivity index (χ0n) is 17.6. The van der Waals surface area contributed by atoms with Crippen molar-refractivity contribution in [3.63, 3.8) is 0 Å². The third-order valence-electron chi connectivity index (χ3n) is 5.76. The minimum Gasteiger partial charge on any atom is -0.365 e. The Morgan fingerprint density at radius 1 is 1.15 bits per heavy atom. The number of hydrogen-bond acceptors (Lipinski definition) is 5. The van der Waals surface area contributed by atoms with Crippen molar-refractivity contribution in [1.82, 2.24) is 20.1 Å². The van der Waals surface area contributed by atoms with Crippen molar-refractivity contribution in [2.24, 2.45) is 5.73 Å². The maximum absolute atomic E-state index is 13.4. The topological polar surface area (TPSA) is 123 Å². The molecule has 3 aromatic heterocycles. The first kappa shape index (κ1) is 20.9. The monoisotopic (exact) mass is 459 g/mol. The van der Waals surface area contributed by atoms with Gasteiger partial charge in [0.2, 0.25) is 0 Å². The summed E-state index contributed by atoms with van der Waals surface area (Å²) in [6, 6.07) is 14.6. The van der Waals surface area contributed by atoms with Gasteiger partial charge in [-0.15, -0.1) is 11.3 Å². The Balaban J connectivity index is 1.51. The number of amides is 2. The number of carbonyl (C=O) groups excluding carboxylic acids is 2. The number of carbonyl (C=O) groups is 2.